The molecule has 0 aliphatic carbocycles. The molecular formula is C28H33N5O5. The zero-order valence-electron chi connectivity index (χ0n) is 21.5. The molecule has 2 aromatic carbocycles. The maximum atomic E-state index is 13.9. The Balaban J connectivity index is 1.63. The van der Waals surface area contributed by atoms with Crippen LogP contribution in [0.15, 0.2) is 54.7 Å². The molecule has 3 atom stereocenters. The number of carboxylic acid groups (broad SMARTS) is 1. The smallest absolute Gasteiger partial charge is 0.315 e. The SMILES string of the molecule is CCNC(=O)N[C@H](Cc1ccc(OC)cc1)C(=O)N1CCCC1C(C(=O)O)c1ccc2c(N)nccc2c1. The number of fused-ring (bicyclic) bond motifs is 1. The van der Waals surface area contributed by atoms with E-state index in [1.54, 1.807) is 61.5 Å². The van der Waals surface area contributed by atoms with E-state index in [0.717, 1.165) is 16.3 Å². The number of carboxylic acids is 1. The zero-order chi connectivity index (χ0) is 27.2. The molecule has 3 aromatic rings. The number of nitrogens with zero attached hydrogens (tertiary/aromatic N) is 2. The highest BCUT2D eigenvalue weighted by molar-refractivity contribution is 5.93. The van der Waals surface area contributed by atoms with Crippen LogP contribution < -0.4 is 21.1 Å². The third-order valence-electron chi connectivity index (χ3n) is 6.95. The lowest BCUT2D eigenvalue weighted by molar-refractivity contribution is -0.142. The minimum Gasteiger partial charge on any atom is -0.497 e. The largest absolute Gasteiger partial charge is 0.497 e. The van der Waals surface area contributed by atoms with Gasteiger partial charge in [-0.15, -0.1) is 0 Å². The quantitative estimate of drug-likeness (QED) is 0.340. The molecule has 5 N–H and O–H groups in total. The number of likely N-dealkylation sites (tertiary alicyclic amines) is 1. The first-order valence-corrected chi connectivity index (χ1v) is 12.7. The lowest BCUT2D eigenvalue weighted by Gasteiger charge is -2.33. The highest BCUT2D eigenvalue weighted by atomic mass is 16.5. The lowest BCUT2D eigenvalue weighted by Crippen LogP contribution is -2.54. The summed E-state index contributed by atoms with van der Waals surface area (Å²) in [7, 11) is 1.58. The van der Waals surface area contributed by atoms with E-state index in [9.17, 15) is 19.5 Å². The predicted octanol–water partition coefficient (Wildman–Crippen LogP) is 2.92. The molecule has 0 bridgehead atoms. The third kappa shape index (κ3) is 5.80. The molecule has 1 aromatic heterocycles. The number of pyridine rings is 1. The molecule has 200 valence electrons. The van der Waals surface area contributed by atoms with Gasteiger partial charge in [0.2, 0.25) is 5.91 Å². The number of hydrogen-bond acceptors (Lipinski definition) is 6. The van der Waals surface area contributed by atoms with Crippen LogP contribution in [-0.2, 0) is 16.0 Å². The van der Waals surface area contributed by atoms with Crippen molar-refractivity contribution in [2.75, 3.05) is 25.9 Å². The maximum absolute atomic E-state index is 13.9. The number of amides is 3. The Morgan fingerprint density at radius 3 is 2.63 bits per heavy atom. The van der Waals surface area contributed by atoms with Gasteiger partial charge in [0.05, 0.1) is 7.11 Å². The monoisotopic (exact) mass is 519 g/mol. The number of carbonyl (C=O) groups is 3. The van der Waals surface area contributed by atoms with Gasteiger partial charge in [-0.2, -0.15) is 0 Å². The van der Waals surface area contributed by atoms with Crippen LogP contribution in [0.2, 0.25) is 0 Å². The van der Waals surface area contributed by atoms with Gasteiger partial charge < -0.3 is 31.1 Å². The summed E-state index contributed by atoms with van der Waals surface area (Å²) in [4.78, 5) is 44.6. The summed E-state index contributed by atoms with van der Waals surface area (Å²) < 4.78 is 5.22. The lowest BCUT2D eigenvalue weighted by atomic mass is 9.88. The van der Waals surface area contributed by atoms with E-state index in [1.165, 1.54) is 0 Å². The number of hydrogen-bond donors (Lipinski definition) is 4. The Morgan fingerprint density at radius 2 is 1.95 bits per heavy atom. The summed E-state index contributed by atoms with van der Waals surface area (Å²) >= 11 is 0. The van der Waals surface area contributed by atoms with Crippen LogP contribution >= 0.6 is 0 Å². The Labute approximate surface area is 221 Å². The summed E-state index contributed by atoms with van der Waals surface area (Å²) in [6, 6.07) is 12.5. The third-order valence-corrected chi connectivity index (χ3v) is 6.95. The van der Waals surface area contributed by atoms with Crippen molar-refractivity contribution in [2.45, 2.75) is 44.2 Å². The van der Waals surface area contributed by atoms with Gasteiger partial charge in [0, 0.05) is 37.1 Å². The summed E-state index contributed by atoms with van der Waals surface area (Å²) in [5, 5.41) is 17.3. The Kier molecular flexibility index (Phi) is 8.30. The summed E-state index contributed by atoms with van der Waals surface area (Å²) in [6.45, 7) is 2.61. The van der Waals surface area contributed by atoms with Gasteiger partial charge in [0.25, 0.3) is 0 Å². The summed E-state index contributed by atoms with van der Waals surface area (Å²) in [6.07, 6.45) is 3.04. The number of nitrogens with two attached hydrogens (primary N) is 1. The average molecular weight is 520 g/mol. The van der Waals surface area contributed by atoms with Crippen molar-refractivity contribution < 1.29 is 24.2 Å². The van der Waals surface area contributed by atoms with Crippen molar-refractivity contribution in [2.24, 2.45) is 0 Å². The number of urea groups is 1. The molecule has 3 amide bonds. The molecule has 10 nitrogen and oxygen atoms in total. The van der Waals surface area contributed by atoms with E-state index in [1.807, 2.05) is 12.1 Å². The van der Waals surface area contributed by atoms with Crippen molar-refractivity contribution in [1.82, 2.24) is 20.5 Å². The van der Waals surface area contributed by atoms with Crippen LogP contribution in [0.4, 0.5) is 10.6 Å². The zero-order valence-corrected chi connectivity index (χ0v) is 21.5. The van der Waals surface area contributed by atoms with E-state index >= 15 is 0 Å². The molecule has 1 aliphatic heterocycles. The number of aliphatic carboxylic acids is 1. The Morgan fingerprint density at radius 1 is 1.18 bits per heavy atom. The Hall–Kier alpha value is -4.34. The number of nitrogens with one attached hydrogen (secondary N) is 2. The number of methoxy groups -OCH3 is 1. The number of aromatic nitrogens is 1. The topological polar surface area (TPSA) is 147 Å². The minimum absolute atomic E-state index is 0.253. The van der Waals surface area contributed by atoms with Crippen molar-refractivity contribution in [3.05, 3.63) is 65.9 Å². The van der Waals surface area contributed by atoms with Gasteiger partial charge in [-0.1, -0.05) is 30.3 Å². The molecule has 0 radical (unpaired) electrons. The molecule has 1 fully saturated rings. The predicted molar refractivity (Wildman–Crippen MR) is 144 cm³/mol. The van der Waals surface area contributed by atoms with Crippen LogP contribution in [0.3, 0.4) is 0 Å². The molecule has 10 heteroatoms. The fourth-order valence-corrected chi connectivity index (χ4v) is 5.12. The van der Waals surface area contributed by atoms with E-state index in [4.69, 9.17) is 10.5 Å². The first-order valence-electron chi connectivity index (χ1n) is 12.7. The van der Waals surface area contributed by atoms with Gasteiger partial charge >= 0.3 is 12.0 Å². The van der Waals surface area contributed by atoms with Crippen LogP contribution in [0.1, 0.15) is 36.8 Å². The molecular weight excluding hydrogens is 486 g/mol. The molecule has 1 aliphatic rings. The number of benzene rings is 2. The minimum atomic E-state index is -1.01. The van der Waals surface area contributed by atoms with Gasteiger partial charge in [0.1, 0.15) is 23.5 Å². The van der Waals surface area contributed by atoms with E-state index < -0.39 is 30.0 Å². The van der Waals surface area contributed by atoms with Crippen LogP contribution in [0.25, 0.3) is 10.8 Å². The molecule has 0 spiro atoms. The number of nitrogen functional groups attached to an aromatic ring is 1. The molecule has 4 rings (SSSR count). The van der Waals surface area contributed by atoms with E-state index in [-0.39, 0.29) is 12.3 Å². The van der Waals surface area contributed by atoms with Crippen molar-refractivity contribution in [3.63, 3.8) is 0 Å². The average Bonchev–Trinajstić information content (AvgIpc) is 3.37. The van der Waals surface area contributed by atoms with Gasteiger partial charge in [-0.05, 0) is 54.5 Å². The van der Waals surface area contributed by atoms with Gasteiger partial charge in [-0.25, -0.2) is 9.78 Å². The van der Waals surface area contributed by atoms with Crippen molar-refractivity contribution in [1.29, 1.82) is 0 Å². The summed E-state index contributed by atoms with van der Waals surface area (Å²) in [5.74, 6) is -1.21. The van der Waals surface area contributed by atoms with E-state index in [2.05, 4.69) is 15.6 Å². The second kappa shape index (κ2) is 11.8. The van der Waals surface area contributed by atoms with Crippen molar-refractivity contribution in [3.8, 4) is 5.75 Å². The maximum Gasteiger partial charge on any atom is 0.315 e. The summed E-state index contributed by atoms with van der Waals surface area (Å²) in [5.41, 5.74) is 7.40. The fraction of sp³-hybridized carbons (Fsp3) is 0.357. The number of anilines is 1. The normalized spacial score (nSPS) is 16.6. The first kappa shape index (κ1) is 26.7. The number of carbonyl (C=O) groups excluding carboxylic acids is 2. The molecule has 1 saturated heterocycles. The Bertz CT molecular complexity index is 1310. The van der Waals surface area contributed by atoms with Crippen LogP contribution in [0, 0.1) is 0 Å². The second-order valence-corrected chi connectivity index (χ2v) is 9.34. The number of rotatable bonds is 9. The first-order chi connectivity index (χ1) is 18.3. The molecule has 2 heterocycles. The van der Waals surface area contributed by atoms with Crippen molar-refractivity contribution >= 4 is 34.5 Å². The van der Waals surface area contributed by atoms with E-state index in [0.29, 0.717) is 43.1 Å². The second-order valence-electron chi connectivity index (χ2n) is 9.34. The van der Waals surface area contributed by atoms with Gasteiger partial charge in [-0.3, -0.25) is 9.59 Å². The van der Waals surface area contributed by atoms with Crippen LogP contribution in [0.5, 0.6) is 5.75 Å². The molecule has 38 heavy (non-hydrogen) atoms. The number of ether oxygens (including phenoxy) is 1. The highest BCUT2D eigenvalue weighted by Gasteiger charge is 2.41. The fourth-order valence-electron chi connectivity index (χ4n) is 5.12. The standard InChI is InChI=1S/C28H33N5O5/c1-3-30-28(37)32-22(15-17-6-9-20(38-2)10-7-17)26(34)33-14-4-5-23(33)24(27(35)36)19-8-11-21-18(16-19)12-13-31-25(21)29/h6-13,16,22-24H,3-5,14-15H2,1-2H3,(H2,29,31)(H,35,36)(H2,30,32,37)/t22-,23?,24?/m1/s1. The highest BCUT2D eigenvalue weighted by Crippen LogP contribution is 2.34. The molecule has 0 saturated carbocycles. The molecule has 2 unspecified atom stereocenters. The van der Waals surface area contributed by atoms with Crippen LogP contribution in [-0.4, -0.2) is 65.2 Å². The van der Waals surface area contributed by atoms with Gasteiger partial charge in [0.15, 0.2) is 0 Å².